The molecule has 0 saturated carbocycles. The third kappa shape index (κ3) is 6.93. The molecule has 0 bridgehead atoms. The summed E-state index contributed by atoms with van der Waals surface area (Å²) in [6.07, 6.45) is 3.98. The maximum atomic E-state index is 8.73. The summed E-state index contributed by atoms with van der Waals surface area (Å²) in [5, 5.41) is 17.3. The molecule has 25 heavy (non-hydrogen) atoms. The Balaban J connectivity index is 1.84. The zero-order chi connectivity index (χ0) is 17.7. The van der Waals surface area contributed by atoms with E-state index in [9.17, 15) is 0 Å². The third-order valence-corrected chi connectivity index (χ3v) is 3.60. The molecule has 0 atom stereocenters. The van der Waals surface area contributed by atoms with E-state index in [4.69, 9.17) is 14.6 Å². The summed E-state index contributed by atoms with van der Waals surface area (Å²) in [5.74, 6) is 1.56. The zero-order valence-corrected chi connectivity index (χ0v) is 14.7. The number of unbranched alkanes of at least 4 members (excludes halogenated alkanes) is 3. The van der Waals surface area contributed by atoms with E-state index < -0.39 is 0 Å². The lowest BCUT2D eigenvalue weighted by Crippen LogP contribution is -1.97. The van der Waals surface area contributed by atoms with Crippen LogP contribution in [0, 0.1) is 0 Å². The lowest BCUT2D eigenvalue weighted by atomic mass is 10.2. The first-order valence-electron chi connectivity index (χ1n) is 8.80. The van der Waals surface area contributed by atoms with Crippen molar-refractivity contribution in [2.24, 2.45) is 10.2 Å². The summed E-state index contributed by atoms with van der Waals surface area (Å²) in [4.78, 5) is 0. The van der Waals surface area contributed by atoms with Gasteiger partial charge in [-0.1, -0.05) is 18.6 Å². The summed E-state index contributed by atoms with van der Waals surface area (Å²) in [6.45, 7) is 3.50. The minimum absolute atomic E-state index is 0.270. The Hall–Kier alpha value is -2.40. The molecule has 5 nitrogen and oxygen atoms in total. The maximum absolute atomic E-state index is 8.73. The summed E-state index contributed by atoms with van der Waals surface area (Å²) in [7, 11) is 0. The average Bonchev–Trinajstić information content (AvgIpc) is 2.65. The molecule has 0 fully saturated rings. The highest BCUT2D eigenvalue weighted by molar-refractivity contribution is 5.51. The highest BCUT2D eigenvalue weighted by atomic mass is 16.5. The van der Waals surface area contributed by atoms with Gasteiger partial charge in [-0.2, -0.15) is 5.11 Å². The molecular weight excluding hydrogens is 316 g/mol. The van der Waals surface area contributed by atoms with Gasteiger partial charge < -0.3 is 14.6 Å². The van der Waals surface area contributed by atoms with Crippen LogP contribution in [-0.4, -0.2) is 24.9 Å². The van der Waals surface area contributed by atoms with E-state index in [1.807, 2.05) is 55.5 Å². The molecule has 0 radical (unpaired) electrons. The second kappa shape index (κ2) is 11.2. The van der Waals surface area contributed by atoms with Crippen molar-refractivity contribution in [2.45, 2.75) is 32.6 Å². The Morgan fingerprint density at radius 3 is 2.36 bits per heavy atom. The molecule has 0 aliphatic heterocycles. The van der Waals surface area contributed by atoms with E-state index in [-0.39, 0.29) is 6.61 Å². The van der Waals surface area contributed by atoms with Crippen molar-refractivity contribution in [3.8, 4) is 11.5 Å². The first-order chi connectivity index (χ1) is 12.3. The predicted molar refractivity (Wildman–Crippen MR) is 99.3 cm³/mol. The SMILES string of the molecule is CCOc1ccccc1N=Nc1ccc(OCCCCCCO)cc1. The number of benzene rings is 2. The van der Waals surface area contributed by atoms with Crippen molar-refractivity contribution in [1.82, 2.24) is 0 Å². The zero-order valence-electron chi connectivity index (χ0n) is 14.7. The van der Waals surface area contributed by atoms with Crippen molar-refractivity contribution in [2.75, 3.05) is 19.8 Å². The quantitative estimate of drug-likeness (QED) is 0.437. The van der Waals surface area contributed by atoms with Crippen LogP contribution in [0.4, 0.5) is 11.4 Å². The van der Waals surface area contributed by atoms with Crippen LogP contribution in [0.3, 0.4) is 0 Å². The fraction of sp³-hybridized carbons (Fsp3) is 0.400. The van der Waals surface area contributed by atoms with Gasteiger partial charge in [0.15, 0.2) is 0 Å². The number of azo groups is 1. The van der Waals surface area contributed by atoms with Gasteiger partial charge in [0.25, 0.3) is 0 Å². The molecule has 5 heteroatoms. The highest BCUT2D eigenvalue weighted by Gasteiger charge is 2.01. The molecular formula is C20H26N2O3. The van der Waals surface area contributed by atoms with E-state index in [2.05, 4.69) is 10.2 Å². The van der Waals surface area contributed by atoms with Crippen molar-refractivity contribution < 1.29 is 14.6 Å². The van der Waals surface area contributed by atoms with Gasteiger partial charge in [-0.3, -0.25) is 0 Å². The third-order valence-electron chi connectivity index (χ3n) is 3.60. The molecule has 0 aromatic heterocycles. The summed E-state index contributed by atoms with van der Waals surface area (Å²) < 4.78 is 11.2. The minimum atomic E-state index is 0.270. The van der Waals surface area contributed by atoms with Crippen molar-refractivity contribution in [1.29, 1.82) is 0 Å². The molecule has 0 spiro atoms. The van der Waals surface area contributed by atoms with Gasteiger partial charge in [-0.25, -0.2) is 0 Å². The van der Waals surface area contributed by atoms with Crippen LogP contribution in [0.5, 0.6) is 11.5 Å². The van der Waals surface area contributed by atoms with Gasteiger partial charge in [-0.05, 0) is 62.6 Å². The molecule has 0 amide bonds. The lowest BCUT2D eigenvalue weighted by molar-refractivity contribution is 0.273. The monoisotopic (exact) mass is 342 g/mol. The van der Waals surface area contributed by atoms with E-state index in [1.54, 1.807) is 0 Å². The fourth-order valence-corrected chi connectivity index (χ4v) is 2.30. The molecule has 2 rings (SSSR count). The Kier molecular flexibility index (Phi) is 8.49. The Labute approximate surface area is 149 Å². The van der Waals surface area contributed by atoms with E-state index >= 15 is 0 Å². The highest BCUT2D eigenvalue weighted by Crippen LogP contribution is 2.29. The molecule has 0 saturated heterocycles. The Morgan fingerprint density at radius 2 is 1.60 bits per heavy atom. The van der Waals surface area contributed by atoms with Gasteiger partial charge in [-0.15, -0.1) is 5.11 Å². The van der Waals surface area contributed by atoms with Gasteiger partial charge >= 0.3 is 0 Å². The van der Waals surface area contributed by atoms with Crippen LogP contribution in [0.1, 0.15) is 32.6 Å². The fourth-order valence-electron chi connectivity index (χ4n) is 2.30. The van der Waals surface area contributed by atoms with E-state index in [0.29, 0.717) is 18.9 Å². The van der Waals surface area contributed by atoms with Crippen LogP contribution >= 0.6 is 0 Å². The van der Waals surface area contributed by atoms with Crippen LogP contribution in [0.15, 0.2) is 58.8 Å². The molecule has 0 heterocycles. The normalized spacial score (nSPS) is 11.0. The summed E-state index contributed by atoms with van der Waals surface area (Å²) in [5.41, 5.74) is 1.48. The van der Waals surface area contributed by atoms with Crippen LogP contribution in [0.2, 0.25) is 0 Å². The predicted octanol–water partition coefficient (Wildman–Crippen LogP) is 5.43. The van der Waals surface area contributed by atoms with Gasteiger partial charge in [0, 0.05) is 6.61 Å². The second-order valence-electron chi connectivity index (χ2n) is 5.58. The van der Waals surface area contributed by atoms with Crippen molar-refractivity contribution in [3.63, 3.8) is 0 Å². The Bertz CT molecular complexity index is 642. The largest absolute Gasteiger partial charge is 0.494 e. The first kappa shape index (κ1) is 18.9. The first-order valence-corrected chi connectivity index (χ1v) is 8.80. The van der Waals surface area contributed by atoms with Gasteiger partial charge in [0.1, 0.15) is 17.2 Å². The standard InChI is InChI=1S/C20H26N2O3/c1-2-24-20-10-6-5-9-19(20)22-21-17-11-13-18(14-12-17)25-16-8-4-3-7-15-23/h5-6,9-14,23H,2-4,7-8,15-16H2,1H3. The number of hydrogen-bond acceptors (Lipinski definition) is 5. The van der Waals surface area contributed by atoms with Crippen molar-refractivity contribution >= 4 is 11.4 Å². The molecule has 134 valence electrons. The molecule has 0 unspecified atom stereocenters. The number of hydrogen-bond donors (Lipinski definition) is 1. The van der Waals surface area contributed by atoms with Crippen LogP contribution in [0.25, 0.3) is 0 Å². The molecule has 2 aromatic rings. The Morgan fingerprint density at radius 1 is 0.840 bits per heavy atom. The lowest BCUT2D eigenvalue weighted by Gasteiger charge is -2.06. The van der Waals surface area contributed by atoms with Crippen LogP contribution < -0.4 is 9.47 Å². The van der Waals surface area contributed by atoms with Crippen molar-refractivity contribution in [3.05, 3.63) is 48.5 Å². The molecule has 1 N–H and O–H groups in total. The number of rotatable bonds is 11. The maximum Gasteiger partial charge on any atom is 0.146 e. The number of aliphatic hydroxyl groups is 1. The van der Waals surface area contributed by atoms with Crippen LogP contribution in [-0.2, 0) is 0 Å². The van der Waals surface area contributed by atoms with E-state index in [0.717, 1.165) is 42.9 Å². The van der Waals surface area contributed by atoms with Gasteiger partial charge in [0.2, 0.25) is 0 Å². The number of para-hydroxylation sites is 1. The molecule has 0 aliphatic rings. The summed E-state index contributed by atoms with van der Waals surface area (Å²) >= 11 is 0. The molecule has 2 aromatic carbocycles. The minimum Gasteiger partial charge on any atom is -0.494 e. The van der Waals surface area contributed by atoms with E-state index in [1.165, 1.54) is 0 Å². The second-order valence-corrected chi connectivity index (χ2v) is 5.58. The van der Waals surface area contributed by atoms with Gasteiger partial charge in [0.05, 0.1) is 18.9 Å². The number of nitrogens with zero attached hydrogens (tertiary/aromatic N) is 2. The number of ether oxygens (including phenoxy) is 2. The summed E-state index contributed by atoms with van der Waals surface area (Å²) in [6, 6.07) is 15.2. The smallest absolute Gasteiger partial charge is 0.146 e. The topological polar surface area (TPSA) is 63.4 Å². The average molecular weight is 342 g/mol. The number of aliphatic hydroxyl groups excluding tert-OH is 1. The molecule has 0 aliphatic carbocycles.